The summed E-state index contributed by atoms with van der Waals surface area (Å²) in [6.07, 6.45) is 4.38. The van der Waals surface area contributed by atoms with Crippen LogP contribution in [0, 0.1) is 0 Å². The number of fused-ring (bicyclic) bond motifs is 1. The molecule has 2 atom stereocenters. The lowest BCUT2D eigenvalue weighted by molar-refractivity contribution is 0.0636. The van der Waals surface area contributed by atoms with Crippen LogP contribution in [-0.4, -0.2) is 0 Å². The molecule has 0 aromatic heterocycles. The SMILES string of the molecule is CCC(C)c1ccc(OC2(CC)CCc3ccccc32)cc1. The zero-order valence-electron chi connectivity index (χ0n) is 13.9. The van der Waals surface area contributed by atoms with Gasteiger partial charge in [-0.05, 0) is 60.4 Å². The molecule has 0 saturated carbocycles. The molecule has 22 heavy (non-hydrogen) atoms. The molecule has 0 N–H and O–H groups in total. The fraction of sp³-hybridized carbons (Fsp3) is 0.429. The van der Waals surface area contributed by atoms with E-state index in [0.29, 0.717) is 5.92 Å². The van der Waals surface area contributed by atoms with Crippen LogP contribution in [0.2, 0.25) is 0 Å². The zero-order valence-corrected chi connectivity index (χ0v) is 13.9. The van der Waals surface area contributed by atoms with Crippen molar-refractivity contribution < 1.29 is 4.74 Å². The van der Waals surface area contributed by atoms with E-state index in [9.17, 15) is 0 Å². The number of rotatable bonds is 5. The Morgan fingerprint density at radius 1 is 1.05 bits per heavy atom. The Kier molecular flexibility index (Phi) is 4.24. The van der Waals surface area contributed by atoms with Gasteiger partial charge in [-0.1, -0.05) is 57.2 Å². The maximum atomic E-state index is 6.51. The summed E-state index contributed by atoms with van der Waals surface area (Å²) in [6, 6.07) is 17.4. The molecule has 1 aliphatic rings. The van der Waals surface area contributed by atoms with E-state index in [2.05, 4.69) is 69.3 Å². The van der Waals surface area contributed by atoms with Crippen molar-refractivity contribution >= 4 is 0 Å². The van der Waals surface area contributed by atoms with E-state index in [4.69, 9.17) is 4.74 Å². The lowest BCUT2D eigenvalue weighted by Gasteiger charge is -2.30. The normalized spacial score (nSPS) is 21.4. The lowest BCUT2D eigenvalue weighted by Crippen LogP contribution is -2.29. The molecular weight excluding hydrogens is 268 g/mol. The highest BCUT2D eigenvalue weighted by molar-refractivity contribution is 5.39. The van der Waals surface area contributed by atoms with Gasteiger partial charge in [0, 0.05) is 0 Å². The van der Waals surface area contributed by atoms with Crippen LogP contribution in [0.15, 0.2) is 48.5 Å². The highest BCUT2D eigenvalue weighted by atomic mass is 16.5. The van der Waals surface area contributed by atoms with Crippen LogP contribution in [0.1, 0.15) is 62.6 Å². The van der Waals surface area contributed by atoms with E-state index in [1.807, 2.05) is 0 Å². The van der Waals surface area contributed by atoms with Crippen LogP contribution in [0.4, 0.5) is 0 Å². The Hall–Kier alpha value is -1.76. The summed E-state index contributed by atoms with van der Waals surface area (Å²) >= 11 is 0. The van der Waals surface area contributed by atoms with Crippen LogP contribution in [0.5, 0.6) is 5.75 Å². The van der Waals surface area contributed by atoms with Gasteiger partial charge >= 0.3 is 0 Å². The second-order valence-electron chi connectivity index (χ2n) is 6.49. The number of benzene rings is 2. The molecule has 1 nitrogen and oxygen atoms in total. The zero-order chi connectivity index (χ0) is 15.6. The van der Waals surface area contributed by atoms with Gasteiger partial charge in [0.05, 0.1) is 0 Å². The van der Waals surface area contributed by atoms with E-state index in [1.165, 1.54) is 23.1 Å². The summed E-state index contributed by atoms with van der Waals surface area (Å²) in [6.45, 7) is 6.74. The van der Waals surface area contributed by atoms with Crippen LogP contribution >= 0.6 is 0 Å². The molecule has 0 heterocycles. The van der Waals surface area contributed by atoms with Gasteiger partial charge in [-0.25, -0.2) is 0 Å². The maximum Gasteiger partial charge on any atom is 0.134 e. The van der Waals surface area contributed by atoms with Gasteiger partial charge in [-0.15, -0.1) is 0 Å². The molecule has 2 aromatic rings. The molecule has 0 fully saturated rings. The van der Waals surface area contributed by atoms with E-state index in [0.717, 1.165) is 25.0 Å². The summed E-state index contributed by atoms with van der Waals surface area (Å²) in [5.41, 5.74) is 4.07. The largest absolute Gasteiger partial charge is 0.483 e. The first-order valence-corrected chi connectivity index (χ1v) is 8.56. The van der Waals surface area contributed by atoms with Gasteiger partial charge in [0.2, 0.25) is 0 Å². The minimum absolute atomic E-state index is 0.144. The maximum absolute atomic E-state index is 6.51. The van der Waals surface area contributed by atoms with Crippen molar-refractivity contribution in [2.45, 2.75) is 58.0 Å². The van der Waals surface area contributed by atoms with Gasteiger partial charge in [-0.2, -0.15) is 0 Å². The number of hydrogen-bond acceptors (Lipinski definition) is 1. The van der Waals surface area contributed by atoms with Crippen molar-refractivity contribution in [1.82, 2.24) is 0 Å². The highest BCUT2D eigenvalue weighted by Gasteiger charge is 2.39. The van der Waals surface area contributed by atoms with E-state index >= 15 is 0 Å². The summed E-state index contributed by atoms with van der Waals surface area (Å²) in [7, 11) is 0. The first-order chi connectivity index (χ1) is 10.7. The average Bonchev–Trinajstić information content (AvgIpc) is 2.94. The van der Waals surface area contributed by atoms with Crippen molar-refractivity contribution in [3.63, 3.8) is 0 Å². The molecule has 0 amide bonds. The molecule has 0 spiro atoms. The Morgan fingerprint density at radius 3 is 2.45 bits per heavy atom. The van der Waals surface area contributed by atoms with Crippen LogP contribution in [0.25, 0.3) is 0 Å². The van der Waals surface area contributed by atoms with Crippen molar-refractivity contribution in [1.29, 1.82) is 0 Å². The van der Waals surface area contributed by atoms with Gasteiger partial charge in [0.25, 0.3) is 0 Å². The molecule has 0 aliphatic heterocycles. The molecule has 0 bridgehead atoms. The smallest absolute Gasteiger partial charge is 0.134 e. The monoisotopic (exact) mass is 294 g/mol. The van der Waals surface area contributed by atoms with Crippen LogP contribution in [0.3, 0.4) is 0 Å². The van der Waals surface area contributed by atoms with Gasteiger partial charge in [0.15, 0.2) is 0 Å². The fourth-order valence-corrected chi connectivity index (χ4v) is 3.53. The average molecular weight is 294 g/mol. The van der Waals surface area contributed by atoms with Crippen molar-refractivity contribution in [2.75, 3.05) is 0 Å². The molecule has 0 saturated heterocycles. The molecule has 3 rings (SSSR count). The number of aryl methyl sites for hydroxylation is 1. The second-order valence-corrected chi connectivity index (χ2v) is 6.49. The molecule has 2 aromatic carbocycles. The fourth-order valence-electron chi connectivity index (χ4n) is 3.53. The molecule has 0 radical (unpaired) electrons. The summed E-state index contributed by atoms with van der Waals surface area (Å²) in [4.78, 5) is 0. The predicted octanol–water partition coefficient (Wildman–Crippen LogP) is 5.83. The van der Waals surface area contributed by atoms with Crippen molar-refractivity contribution in [3.8, 4) is 5.75 Å². The Morgan fingerprint density at radius 2 is 1.77 bits per heavy atom. The number of hydrogen-bond donors (Lipinski definition) is 0. The molecule has 116 valence electrons. The quantitative estimate of drug-likeness (QED) is 0.674. The van der Waals surface area contributed by atoms with E-state index in [1.54, 1.807) is 0 Å². The molecule has 2 unspecified atom stereocenters. The summed E-state index contributed by atoms with van der Waals surface area (Å²) < 4.78 is 6.51. The standard InChI is InChI=1S/C21H26O/c1-4-16(3)17-10-12-19(13-11-17)22-21(5-2)15-14-18-8-6-7-9-20(18)21/h6-13,16H,4-5,14-15H2,1-3H3. The summed E-state index contributed by atoms with van der Waals surface area (Å²) in [5.74, 6) is 1.60. The van der Waals surface area contributed by atoms with E-state index in [-0.39, 0.29) is 5.60 Å². The first-order valence-electron chi connectivity index (χ1n) is 8.56. The van der Waals surface area contributed by atoms with Crippen molar-refractivity contribution in [2.24, 2.45) is 0 Å². The third-order valence-electron chi connectivity index (χ3n) is 5.25. The van der Waals surface area contributed by atoms with Gasteiger partial charge in [-0.3, -0.25) is 0 Å². The third kappa shape index (κ3) is 2.65. The topological polar surface area (TPSA) is 9.23 Å². The minimum Gasteiger partial charge on any atom is -0.483 e. The minimum atomic E-state index is -0.144. The number of ether oxygens (including phenoxy) is 1. The lowest BCUT2D eigenvalue weighted by atomic mass is 9.92. The Bertz CT molecular complexity index is 629. The third-order valence-corrected chi connectivity index (χ3v) is 5.25. The van der Waals surface area contributed by atoms with Crippen LogP contribution in [-0.2, 0) is 12.0 Å². The van der Waals surface area contributed by atoms with E-state index < -0.39 is 0 Å². The summed E-state index contributed by atoms with van der Waals surface area (Å²) in [5, 5.41) is 0. The van der Waals surface area contributed by atoms with Gasteiger partial charge in [0.1, 0.15) is 11.4 Å². The Balaban J connectivity index is 1.85. The molecule has 1 heteroatoms. The Labute approximate surface area is 134 Å². The molecular formula is C21H26O. The van der Waals surface area contributed by atoms with Crippen molar-refractivity contribution in [3.05, 3.63) is 65.2 Å². The van der Waals surface area contributed by atoms with Gasteiger partial charge < -0.3 is 4.74 Å². The van der Waals surface area contributed by atoms with Crippen LogP contribution < -0.4 is 4.74 Å². The molecule has 1 aliphatic carbocycles. The second kappa shape index (κ2) is 6.16. The first kappa shape index (κ1) is 15.1. The highest BCUT2D eigenvalue weighted by Crippen LogP contribution is 2.43. The predicted molar refractivity (Wildman–Crippen MR) is 92.5 cm³/mol.